The summed E-state index contributed by atoms with van der Waals surface area (Å²) in [5, 5.41) is 2.45. The zero-order valence-electron chi connectivity index (χ0n) is 15.9. The minimum atomic E-state index is -0.352. The van der Waals surface area contributed by atoms with E-state index in [1.54, 1.807) is 12.1 Å². The van der Waals surface area contributed by atoms with Crippen LogP contribution in [0, 0.1) is 0 Å². The van der Waals surface area contributed by atoms with Crippen LogP contribution in [0.25, 0.3) is 11.0 Å². The Kier molecular flexibility index (Phi) is 6.07. The predicted octanol–water partition coefficient (Wildman–Crippen LogP) is 6.45. The van der Waals surface area contributed by atoms with Crippen LogP contribution in [0.5, 0.6) is 5.75 Å². The molecule has 152 valence electrons. The topological polar surface area (TPSA) is 42.7 Å². The van der Waals surface area contributed by atoms with Crippen LogP contribution >= 0.6 is 34.8 Å². The molecule has 2 aromatic carbocycles. The van der Waals surface area contributed by atoms with Crippen molar-refractivity contribution in [2.24, 2.45) is 0 Å². The lowest BCUT2D eigenvalue weighted by Gasteiger charge is -2.30. The van der Waals surface area contributed by atoms with Crippen LogP contribution in [0.1, 0.15) is 36.5 Å². The third-order valence-electron chi connectivity index (χ3n) is 5.08. The lowest BCUT2D eigenvalue weighted by Crippen LogP contribution is -2.32. The standard InChI is InChI=1S/C22H20Cl3NO3/c1-2-3-4-14-8-20(27)29-21-15(14)9-19(25)22-16(21)11-26(12-28-22)10-13-5-6-17(23)18(24)7-13/h5-9H,2-4,10-12H2,1H3. The molecule has 0 saturated carbocycles. The smallest absolute Gasteiger partial charge is 0.336 e. The Bertz CT molecular complexity index is 1130. The van der Waals surface area contributed by atoms with Gasteiger partial charge in [-0.3, -0.25) is 4.90 Å². The number of hydrogen-bond acceptors (Lipinski definition) is 4. The fourth-order valence-corrected chi connectivity index (χ4v) is 4.27. The Morgan fingerprint density at radius 1 is 1.07 bits per heavy atom. The van der Waals surface area contributed by atoms with Gasteiger partial charge in [-0.25, -0.2) is 4.79 Å². The maximum absolute atomic E-state index is 12.2. The number of aryl methyl sites for hydroxylation is 1. The van der Waals surface area contributed by atoms with Crippen LogP contribution in [0.3, 0.4) is 0 Å². The van der Waals surface area contributed by atoms with Crippen molar-refractivity contribution in [2.45, 2.75) is 39.3 Å². The van der Waals surface area contributed by atoms with E-state index < -0.39 is 0 Å². The SMILES string of the molecule is CCCCc1cc(=O)oc2c3c(c(Cl)cc12)OCN(Cc1ccc(Cl)c(Cl)c1)C3. The zero-order chi connectivity index (χ0) is 20.5. The molecule has 4 rings (SSSR count). The van der Waals surface area contributed by atoms with Gasteiger partial charge in [-0.15, -0.1) is 0 Å². The third kappa shape index (κ3) is 4.26. The van der Waals surface area contributed by atoms with Gasteiger partial charge in [-0.1, -0.05) is 54.2 Å². The van der Waals surface area contributed by atoms with Gasteiger partial charge >= 0.3 is 5.63 Å². The van der Waals surface area contributed by atoms with E-state index in [-0.39, 0.29) is 5.63 Å². The molecule has 29 heavy (non-hydrogen) atoms. The fourth-order valence-electron chi connectivity index (χ4n) is 3.67. The molecule has 0 aliphatic carbocycles. The first-order chi connectivity index (χ1) is 14.0. The van der Waals surface area contributed by atoms with Crippen LogP contribution in [-0.4, -0.2) is 11.6 Å². The third-order valence-corrected chi connectivity index (χ3v) is 6.10. The molecule has 0 radical (unpaired) electrons. The van der Waals surface area contributed by atoms with Crippen LogP contribution in [0.2, 0.25) is 15.1 Å². The summed E-state index contributed by atoms with van der Waals surface area (Å²) in [4.78, 5) is 14.3. The minimum absolute atomic E-state index is 0.352. The normalized spacial score (nSPS) is 14.1. The maximum atomic E-state index is 12.2. The molecule has 2 heterocycles. The Morgan fingerprint density at radius 3 is 2.66 bits per heavy atom. The van der Waals surface area contributed by atoms with Gasteiger partial charge in [0.2, 0.25) is 0 Å². The van der Waals surface area contributed by atoms with E-state index in [1.807, 2.05) is 18.2 Å². The van der Waals surface area contributed by atoms with E-state index in [2.05, 4.69) is 11.8 Å². The Labute approximate surface area is 183 Å². The molecule has 0 spiro atoms. The first-order valence-electron chi connectivity index (χ1n) is 9.53. The second-order valence-electron chi connectivity index (χ2n) is 7.25. The van der Waals surface area contributed by atoms with Gasteiger partial charge in [-0.2, -0.15) is 0 Å². The van der Waals surface area contributed by atoms with Crippen molar-refractivity contribution in [1.82, 2.24) is 4.90 Å². The van der Waals surface area contributed by atoms with Gasteiger partial charge in [0.25, 0.3) is 0 Å². The number of ether oxygens (including phenoxy) is 1. The molecule has 0 fully saturated rings. The van der Waals surface area contributed by atoms with Gasteiger partial charge in [0.05, 0.1) is 20.6 Å². The fraction of sp³-hybridized carbons (Fsp3) is 0.318. The first kappa shape index (κ1) is 20.5. The molecular weight excluding hydrogens is 433 g/mol. The van der Waals surface area contributed by atoms with Crippen molar-refractivity contribution in [3.8, 4) is 5.75 Å². The summed E-state index contributed by atoms with van der Waals surface area (Å²) in [6.45, 7) is 3.66. The molecule has 7 heteroatoms. The van der Waals surface area contributed by atoms with E-state index in [0.29, 0.717) is 46.2 Å². The van der Waals surface area contributed by atoms with Crippen molar-refractivity contribution in [3.05, 3.63) is 72.5 Å². The lowest BCUT2D eigenvalue weighted by molar-refractivity contribution is 0.0890. The van der Waals surface area contributed by atoms with Gasteiger partial charge in [0.1, 0.15) is 18.1 Å². The van der Waals surface area contributed by atoms with E-state index in [1.165, 1.54) is 0 Å². The molecule has 1 aliphatic rings. The average molecular weight is 453 g/mol. The molecule has 1 aromatic heterocycles. The van der Waals surface area contributed by atoms with Crippen LogP contribution in [0.4, 0.5) is 0 Å². The number of fused-ring (bicyclic) bond motifs is 3. The van der Waals surface area contributed by atoms with Gasteiger partial charge in [-0.05, 0) is 42.2 Å². The van der Waals surface area contributed by atoms with Gasteiger partial charge < -0.3 is 9.15 Å². The highest BCUT2D eigenvalue weighted by molar-refractivity contribution is 6.42. The average Bonchev–Trinajstić information content (AvgIpc) is 2.70. The molecule has 3 aromatic rings. The molecule has 0 N–H and O–H groups in total. The molecule has 0 saturated heterocycles. The van der Waals surface area contributed by atoms with Gasteiger partial charge in [0, 0.05) is 24.5 Å². The second-order valence-corrected chi connectivity index (χ2v) is 8.47. The zero-order valence-corrected chi connectivity index (χ0v) is 18.2. The summed E-state index contributed by atoms with van der Waals surface area (Å²) < 4.78 is 11.5. The Morgan fingerprint density at radius 2 is 1.90 bits per heavy atom. The number of benzene rings is 2. The summed E-state index contributed by atoms with van der Waals surface area (Å²) in [5.74, 6) is 0.584. The largest absolute Gasteiger partial charge is 0.476 e. The number of nitrogens with zero attached hydrogens (tertiary/aromatic N) is 1. The van der Waals surface area contributed by atoms with Crippen molar-refractivity contribution in [1.29, 1.82) is 0 Å². The maximum Gasteiger partial charge on any atom is 0.336 e. The number of halogens is 3. The number of hydrogen-bond donors (Lipinski definition) is 0. The molecule has 0 atom stereocenters. The quantitative estimate of drug-likeness (QED) is 0.417. The van der Waals surface area contributed by atoms with Crippen LogP contribution in [0.15, 0.2) is 39.5 Å². The monoisotopic (exact) mass is 451 g/mol. The molecule has 4 nitrogen and oxygen atoms in total. The molecule has 1 aliphatic heterocycles. The predicted molar refractivity (Wildman–Crippen MR) is 117 cm³/mol. The Hall–Kier alpha value is -1.72. The van der Waals surface area contributed by atoms with Gasteiger partial charge in [0.15, 0.2) is 0 Å². The lowest BCUT2D eigenvalue weighted by atomic mass is 10.0. The molecule has 0 unspecified atom stereocenters. The summed E-state index contributed by atoms with van der Waals surface area (Å²) in [7, 11) is 0. The van der Waals surface area contributed by atoms with E-state index in [0.717, 1.165) is 41.3 Å². The van der Waals surface area contributed by atoms with Crippen LogP contribution < -0.4 is 10.4 Å². The summed E-state index contributed by atoms with van der Waals surface area (Å²) >= 11 is 18.7. The molecule has 0 bridgehead atoms. The van der Waals surface area contributed by atoms with E-state index >= 15 is 0 Å². The highest BCUT2D eigenvalue weighted by Crippen LogP contribution is 2.40. The van der Waals surface area contributed by atoms with Crippen molar-refractivity contribution in [3.63, 3.8) is 0 Å². The summed E-state index contributed by atoms with van der Waals surface area (Å²) in [6, 6.07) is 8.97. The summed E-state index contributed by atoms with van der Waals surface area (Å²) in [5.41, 5.74) is 2.98. The molecular formula is C22H20Cl3NO3. The summed E-state index contributed by atoms with van der Waals surface area (Å²) in [6.07, 6.45) is 2.84. The highest BCUT2D eigenvalue weighted by atomic mass is 35.5. The van der Waals surface area contributed by atoms with Crippen molar-refractivity contribution >= 4 is 45.8 Å². The number of rotatable bonds is 5. The highest BCUT2D eigenvalue weighted by Gasteiger charge is 2.25. The molecule has 0 amide bonds. The van der Waals surface area contributed by atoms with E-state index in [9.17, 15) is 4.79 Å². The second kappa shape index (κ2) is 8.57. The Balaban J connectivity index is 1.72. The van der Waals surface area contributed by atoms with E-state index in [4.69, 9.17) is 44.0 Å². The first-order valence-corrected chi connectivity index (χ1v) is 10.7. The van der Waals surface area contributed by atoms with Crippen LogP contribution in [-0.2, 0) is 19.5 Å². The number of unbranched alkanes of at least 4 members (excludes halogenated alkanes) is 1. The van der Waals surface area contributed by atoms with Crippen molar-refractivity contribution in [2.75, 3.05) is 6.73 Å². The minimum Gasteiger partial charge on any atom is -0.476 e. The van der Waals surface area contributed by atoms with Crippen molar-refractivity contribution < 1.29 is 9.15 Å².